The summed E-state index contributed by atoms with van der Waals surface area (Å²) in [5.41, 5.74) is 1.22. The minimum absolute atomic E-state index is 0.303. The van der Waals surface area contributed by atoms with Crippen molar-refractivity contribution in [1.29, 1.82) is 0 Å². The maximum absolute atomic E-state index is 11.2. The number of likely N-dealkylation sites (tertiary alicyclic amines) is 1. The number of aryl methyl sites for hydroxylation is 1. The molecule has 1 atom stereocenters. The largest absolute Gasteiger partial charge is 0.494 e. The molecule has 1 aromatic rings. The summed E-state index contributed by atoms with van der Waals surface area (Å²) in [5, 5.41) is 9.20. The Morgan fingerprint density at radius 2 is 2.10 bits per heavy atom. The number of rotatable bonds is 6. The van der Waals surface area contributed by atoms with Gasteiger partial charge in [-0.3, -0.25) is 9.69 Å². The molecule has 0 amide bonds. The number of aliphatic carboxylic acids is 1. The van der Waals surface area contributed by atoms with E-state index < -0.39 is 5.97 Å². The SMILES string of the molecule is Cc1ccc(OCCCN2CCCCC2C(=O)O)cc1. The lowest BCUT2D eigenvalue weighted by Crippen LogP contribution is -2.45. The molecule has 1 aromatic carbocycles. The highest BCUT2D eigenvalue weighted by Gasteiger charge is 2.27. The first-order valence-electron chi connectivity index (χ1n) is 7.33. The van der Waals surface area contributed by atoms with Crippen molar-refractivity contribution >= 4 is 5.97 Å². The van der Waals surface area contributed by atoms with Gasteiger partial charge >= 0.3 is 5.97 Å². The van der Waals surface area contributed by atoms with Crippen molar-refractivity contribution in [3.8, 4) is 5.75 Å². The number of benzene rings is 1. The van der Waals surface area contributed by atoms with E-state index in [4.69, 9.17) is 4.74 Å². The van der Waals surface area contributed by atoms with Gasteiger partial charge in [-0.1, -0.05) is 24.1 Å². The van der Waals surface area contributed by atoms with E-state index in [9.17, 15) is 9.90 Å². The number of ether oxygens (including phenoxy) is 1. The monoisotopic (exact) mass is 277 g/mol. The van der Waals surface area contributed by atoms with Crippen molar-refractivity contribution in [1.82, 2.24) is 4.90 Å². The molecule has 1 aliphatic rings. The maximum atomic E-state index is 11.2. The van der Waals surface area contributed by atoms with Gasteiger partial charge in [-0.2, -0.15) is 0 Å². The first-order valence-corrected chi connectivity index (χ1v) is 7.33. The van der Waals surface area contributed by atoms with Crippen LogP contribution in [0.25, 0.3) is 0 Å². The van der Waals surface area contributed by atoms with E-state index in [1.807, 2.05) is 31.2 Å². The third-order valence-electron chi connectivity index (χ3n) is 3.78. The molecule has 2 rings (SSSR count). The molecule has 20 heavy (non-hydrogen) atoms. The smallest absolute Gasteiger partial charge is 0.320 e. The van der Waals surface area contributed by atoms with Crippen molar-refractivity contribution in [2.24, 2.45) is 0 Å². The average Bonchev–Trinajstić information content (AvgIpc) is 2.46. The highest BCUT2D eigenvalue weighted by Crippen LogP contribution is 2.17. The standard InChI is InChI=1S/C16H23NO3/c1-13-6-8-14(9-7-13)20-12-4-11-17-10-3-2-5-15(17)16(18)19/h6-9,15H,2-5,10-12H2,1H3,(H,18,19). The molecule has 1 saturated heterocycles. The summed E-state index contributed by atoms with van der Waals surface area (Å²) in [6, 6.07) is 7.69. The van der Waals surface area contributed by atoms with Crippen LogP contribution in [0, 0.1) is 6.92 Å². The molecule has 1 N–H and O–H groups in total. The molecule has 4 heteroatoms. The van der Waals surface area contributed by atoms with Crippen LogP contribution in [0.5, 0.6) is 5.75 Å². The van der Waals surface area contributed by atoms with Gasteiger partial charge < -0.3 is 9.84 Å². The van der Waals surface area contributed by atoms with Crippen LogP contribution in [0.15, 0.2) is 24.3 Å². The van der Waals surface area contributed by atoms with Gasteiger partial charge in [-0.25, -0.2) is 0 Å². The second kappa shape index (κ2) is 7.29. The number of piperidine rings is 1. The van der Waals surface area contributed by atoms with Crippen LogP contribution in [0.1, 0.15) is 31.2 Å². The number of nitrogens with zero attached hydrogens (tertiary/aromatic N) is 1. The number of carboxylic acids is 1. The fraction of sp³-hybridized carbons (Fsp3) is 0.562. The Morgan fingerprint density at radius 1 is 1.35 bits per heavy atom. The molecule has 0 aromatic heterocycles. The first kappa shape index (κ1) is 14.9. The van der Waals surface area contributed by atoms with Crippen LogP contribution in [0.2, 0.25) is 0 Å². The van der Waals surface area contributed by atoms with Crippen LogP contribution < -0.4 is 4.74 Å². The van der Waals surface area contributed by atoms with E-state index in [1.165, 1.54) is 5.56 Å². The minimum atomic E-state index is -0.691. The van der Waals surface area contributed by atoms with E-state index >= 15 is 0 Å². The molecule has 1 unspecified atom stereocenters. The zero-order valence-corrected chi connectivity index (χ0v) is 12.0. The number of carbonyl (C=O) groups is 1. The molecule has 0 bridgehead atoms. The summed E-state index contributed by atoms with van der Waals surface area (Å²) >= 11 is 0. The van der Waals surface area contributed by atoms with Crippen molar-refractivity contribution in [3.05, 3.63) is 29.8 Å². The Kier molecular flexibility index (Phi) is 5.41. The van der Waals surface area contributed by atoms with E-state index in [2.05, 4.69) is 4.90 Å². The molecule has 0 spiro atoms. The Hall–Kier alpha value is -1.55. The van der Waals surface area contributed by atoms with Crippen molar-refractivity contribution < 1.29 is 14.6 Å². The molecule has 0 aliphatic carbocycles. The summed E-state index contributed by atoms with van der Waals surface area (Å²) in [7, 11) is 0. The van der Waals surface area contributed by atoms with Crippen molar-refractivity contribution in [2.45, 2.75) is 38.6 Å². The van der Waals surface area contributed by atoms with Gasteiger partial charge in [0.05, 0.1) is 6.61 Å². The molecule has 0 saturated carbocycles. The molecule has 0 radical (unpaired) electrons. The predicted octanol–water partition coefficient (Wildman–Crippen LogP) is 2.70. The van der Waals surface area contributed by atoms with Crippen molar-refractivity contribution in [3.63, 3.8) is 0 Å². The normalized spacial score (nSPS) is 19.8. The molecule has 1 heterocycles. The molecular weight excluding hydrogens is 254 g/mol. The third-order valence-corrected chi connectivity index (χ3v) is 3.78. The van der Waals surface area contributed by atoms with Crippen LogP contribution >= 0.6 is 0 Å². The van der Waals surface area contributed by atoms with E-state index in [0.717, 1.165) is 44.5 Å². The molecular formula is C16H23NO3. The first-order chi connectivity index (χ1) is 9.66. The summed E-state index contributed by atoms with van der Waals surface area (Å²) in [6.07, 6.45) is 3.75. The highest BCUT2D eigenvalue weighted by molar-refractivity contribution is 5.73. The van der Waals surface area contributed by atoms with Crippen LogP contribution in [0.4, 0.5) is 0 Å². The van der Waals surface area contributed by atoms with Gasteiger partial charge in [0.1, 0.15) is 11.8 Å². The van der Waals surface area contributed by atoms with E-state index in [-0.39, 0.29) is 6.04 Å². The average molecular weight is 277 g/mol. The Balaban J connectivity index is 1.72. The molecule has 4 nitrogen and oxygen atoms in total. The number of hydrogen-bond acceptors (Lipinski definition) is 3. The lowest BCUT2D eigenvalue weighted by atomic mass is 10.0. The van der Waals surface area contributed by atoms with Crippen molar-refractivity contribution in [2.75, 3.05) is 19.7 Å². The minimum Gasteiger partial charge on any atom is -0.494 e. The zero-order valence-electron chi connectivity index (χ0n) is 12.0. The summed E-state index contributed by atoms with van der Waals surface area (Å²) < 4.78 is 5.67. The predicted molar refractivity (Wildman–Crippen MR) is 78.1 cm³/mol. The fourth-order valence-corrected chi connectivity index (χ4v) is 2.63. The van der Waals surface area contributed by atoms with Gasteiger partial charge in [0.15, 0.2) is 0 Å². The van der Waals surface area contributed by atoms with Gasteiger partial charge in [0.25, 0.3) is 0 Å². The van der Waals surface area contributed by atoms with Gasteiger partial charge in [0, 0.05) is 6.54 Å². The fourth-order valence-electron chi connectivity index (χ4n) is 2.63. The Morgan fingerprint density at radius 3 is 2.80 bits per heavy atom. The topological polar surface area (TPSA) is 49.8 Å². The van der Waals surface area contributed by atoms with Gasteiger partial charge in [0.2, 0.25) is 0 Å². The second-order valence-electron chi connectivity index (χ2n) is 5.40. The van der Waals surface area contributed by atoms with Gasteiger partial charge in [-0.05, 0) is 44.9 Å². The Bertz CT molecular complexity index is 430. The van der Waals surface area contributed by atoms with Crippen LogP contribution in [0.3, 0.4) is 0 Å². The molecule has 1 aliphatic heterocycles. The maximum Gasteiger partial charge on any atom is 0.320 e. The van der Waals surface area contributed by atoms with Gasteiger partial charge in [-0.15, -0.1) is 0 Å². The number of carboxylic acid groups (broad SMARTS) is 1. The molecule has 110 valence electrons. The van der Waals surface area contributed by atoms with E-state index in [1.54, 1.807) is 0 Å². The summed E-state index contributed by atoms with van der Waals surface area (Å²) in [4.78, 5) is 13.3. The number of hydrogen-bond donors (Lipinski definition) is 1. The third kappa shape index (κ3) is 4.23. The summed E-state index contributed by atoms with van der Waals surface area (Å²) in [5.74, 6) is 0.188. The second-order valence-corrected chi connectivity index (χ2v) is 5.40. The molecule has 1 fully saturated rings. The quantitative estimate of drug-likeness (QED) is 0.812. The van der Waals surface area contributed by atoms with E-state index in [0.29, 0.717) is 6.61 Å². The van der Waals surface area contributed by atoms with Crippen LogP contribution in [-0.4, -0.2) is 41.7 Å². The highest BCUT2D eigenvalue weighted by atomic mass is 16.5. The zero-order chi connectivity index (χ0) is 14.4. The summed E-state index contributed by atoms with van der Waals surface area (Å²) in [6.45, 7) is 4.36. The lowest BCUT2D eigenvalue weighted by molar-refractivity contribution is -0.144. The Labute approximate surface area is 120 Å². The lowest BCUT2D eigenvalue weighted by Gasteiger charge is -2.32. The van der Waals surface area contributed by atoms with Crippen LogP contribution in [-0.2, 0) is 4.79 Å².